The molecule has 0 heterocycles. The van der Waals surface area contributed by atoms with Gasteiger partial charge in [-0.05, 0) is 48.6 Å². The molecule has 0 saturated carbocycles. The highest BCUT2D eigenvalue weighted by molar-refractivity contribution is 5.87. The zero-order chi connectivity index (χ0) is 19.8. The average molecular weight is 369 g/mol. The third-order valence-corrected chi connectivity index (χ3v) is 4.48. The predicted molar refractivity (Wildman–Crippen MR) is 107 cm³/mol. The fraction of sp³-hybridized carbons (Fsp3) is 0.333. The van der Waals surface area contributed by atoms with Crippen LogP contribution in [-0.4, -0.2) is 18.5 Å². The first-order valence-corrected chi connectivity index (χ1v) is 9.08. The van der Waals surface area contributed by atoms with Gasteiger partial charge < -0.3 is 21.1 Å². The molecule has 3 amide bonds. The highest BCUT2D eigenvalue weighted by atomic mass is 16.5. The zero-order valence-electron chi connectivity index (χ0n) is 16.0. The van der Waals surface area contributed by atoms with Crippen LogP contribution in [0.2, 0.25) is 0 Å². The molecule has 27 heavy (non-hydrogen) atoms. The van der Waals surface area contributed by atoms with E-state index in [2.05, 4.69) is 24.5 Å². The summed E-state index contributed by atoms with van der Waals surface area (Å²) in [7, 11) is 0. The summed E-state index contributed by atoms with van der Waals surface area (Å²) in [6, 6.07) is 14.1. The summed E-state index contributed by atoms with van der Waals surface area (Å²) in [5.41, 5.74) is 7.72. The van der Waals surface area contributed by atoms with Crippen molar-refractivity contribution in [2.75, 3.05) is 11.9 Å². The van der Waals surface area contributed by atoms with Gasteiger partial charge >= 0.3 is 6.03 Å². The van der Waals surface area contributed by atoms with Gasteiger partial charge in [0.2, 0.25) is 0 Å². The number of nitrogens with one attached hydrogen (secondary N) is 2. The van der Waals surface area contributed by atoms with Crippen molar-refractivity contribution in [1.82, 2.24) is 5.32 Å². The molecule has 2 aromatic carbocycles. The first-order valence-electron chi connectivity index (χ1n) is 9.08. The molecule has 0 aliphatic heterocycles. The average Bonchev–Trinajstić information content (AvgIpc) is 2.66. The molecule has 6 nitrogen and oxygen atoms in total. The number of carbonyl (C=O) groups is 2. The Morgan fingerprint density at radius 2 is 1.74 bits per heavy atom. The monoisotopic (exact) mass is 369 g/mol. The van der Waals surface area contributed by atoms with E-state index < -0.39 is 6.03 Å². The Labute approximate surface area is 160 Å². The van der Waals surface area contributed by atoms with Crippen LogP contribution in [0.15, 0.2) is 48.5 Å². The molecule has 4 N–H and O–H groups in total. The van der Waals surface area contributed by atoms with Crippen LogP contribution in [0.3, 0.4) is 0 Å². The van der Waals surface area contributed by atoms with Gasteiger partial charge in [0.1, 0.15) is 5.75 Å². The third-order valence-electron chi connectivity index (χ3n) is 4.48. The van der Waals surface area contributed by atoms with Gasteiger partial charge in [-0.3, -0.25) is 4.79 Å². The Hall–Kier alpha value is -3.02. The summed E-state index contributed by atoms with van der Waals surface area (Å²) >= 11 is 0. The Morgan fingerprint density at radius 3 is 2.37 bits per heavy atom. The maximum absolute atomic E-state index is 12.3. The fourth-order valence-corrected chi connectivity index (χ4v) is 2.75. The number of para-hydroxylation sites is 1. The topological polar surface area (TPSA) is 93.4 Å². The maximum atomic E-state index is 12.3. The summed E-state index contributed by atoms with van der Waals surface area (Å²) in [5, 5.41) is 5.41. The molecule has 0 bridgehead atoms. The standard InChI is InChI=1S/C21H27N3O3/c1-4-14(2)18-7-5-6-8-19(18)27-13-20(25)23-15(3)16-9-11-17(12-10-16)24-21(22)26/h5-12,14-15H,4,13H2,1-3H3,(H,23,25)(H3,22,24,26). The number of rotatable bonds is 8. The molecule has 0 fully saturated rings. The highest BCUT2D eigenvalue weighted by Crippen LogP contribution is 2.28. The molecule has 0 aromatic heterocycles. The van der Waals surface area contributed by atoms with E-state index in [4.69, 9.17) is 10.5 Å². The van der Waals surface area contributed by atoms with Gasteiger partial charge in [-0.25, -0.2) is 4.79 Å². The molecule has 144 valence electrons. The zero-order valence-corrected chi connectivity index (χ0v) is 16.0. The second-order valence-electron chi connectivity index (χ2n) is 6.54. The van der Waals surface area contributed by atoms with Crippen molar-refractivity contribution < 1.29 is 14.3 Å². The summed E-state index contributed by atoms with van der Waals surface area (Å²) in [6.07, 6.45) is 1.00. The lowest BCUT2D eigenvalue weighted by atomic mass is 9.98. The minimum absolute atomic E-state index is 0.0426. The van der Waals surface area contributed by atoms with Gasteiger partial charge in [-0.15, -0.1) is 0 Å². The number of hydrogen-bond donors (Lipinski definition) is 3. The molecule has 2 atom stereocenters. The van der Waals surface area contributed by atoms with Gasteiger partial charge in [0, 0.05) is 5.69 Å². The molecular formula is C21H27N3O3. The highest BCUT2D eigenvalue weighted by Gasteiger charge is 2.13. The molecule has 0 spiro atoms. The largest absolute Gasteiger partial charge is 0.483 e. The van der Waals surface area contributed by atoms with Gasteiger partial charge in [-0.2, -0.15) is 0 Å². The van der Waals surface area contributed by atoms with Crippen LogP contribution >= 0.6 is 0 Å². The summed E-state index contributed by atoms with van der Waals surface area (Å²) in [4.78, 5) is 23.1. The molecule has 0 saturated heterocycles. The number of primary amides is 1. The van der Waals surface area contributed by atoms with Crippen LogP contribution in [0.5, 0.6) is 5.75 Å². The number of nitrogens with two attached hydrogens (primary N) is 1. The quantitative estimate of drug-likeness (QED) is 0.658. The van der Waals surface area contributed by atoms with Crippen molar-refractivity contribution in [3.05, 3.63) is 59.7 Å². The van der Waals surface area contributed by atoms with Crippen molar-refractivity contribution in [3.8, 4) is 5.75 Å². The number of hydrogen-bond acceptors (Lipinski definition) is 3. The van der Waals surface area contributed by atoms with E-state index in [1.807, 2.05) is 43.3 Å². The normalized spacial score (nSPS) is 12.7. The van der Waals surface area contributed by atoms with Crippen molar-refractivity contribution in [2.45, 2.75) is 39.2 Å². The van der Waals surface area contributed by atoms with E-state index in [1.54, 1.807) is 12.1 Å². The van der Waals surface area contributed by atoms with Crippen LogP contribution in [0.1, 0.15) is 50.3 Å². The lowest BCUT2D eigenvalue weighted by Crippen LogP contribution is -2.31. The predicted octanol–water partition coefficient (Wildman–Crippen LogP) is 3.95. The molecule has 2 unspecified atom stereocenters. The lowest BCUT2D eigenvalue weighted by Gasteiger charge is -2.17. The third kappa shape index (κ3) is 6.02. The van der Waals surface area contributed by atoms with Crippen LogP contribution in [0, 0.1) is 0 Å². The van der Waals surface area contributed by atoms with Gasteiger partial charge in [0.05, 0.1) is 6.04 Å². The number of carbonyl (C=O) groups excluding carboxylic acids is 2. The van der Waals surface area contributed by atoms with E-state index in [9.17, 15) is 9.59 Å². The summed E-state index contributed by atoms with van der Waals surface area (Å²) < 4.78 is 5.75. The van der Waals surface area contributed by atoms with E-state index >= 15 is 0 Å². The van der Waals surface area contributed by atoms with Gasteiger partial charge in [0.15, 0.2) is 6.61 Å². The minimum Gasteiger partial charge on any atom is -0.483 e. The van der Waals surface area contributed by atoms with Crippen LogP contribution < -0.4 is 21.1 Å². The molecule has 0 radical (unpaired) electrons. The van der Waals surface area contributed by atoms with Crippen LogP contribution in [0.25, 0.3) is 0 Å². The molecular weight excluding hydrogens is 342 g/mol. The molecule has 2 aromatic rings. The first kappa shape index (κ1) is 20.3. The second kappa shape index (κ2) is 9.62. The van der Waals surface area contributed by atoms with Crippen molar-refractivity contribution in [1.29, 1.82) is 0 Å². The second-order valence-corrected chi connectivity index (χ2v) is 6.54. The molecule has 2 rings (SSSR count). The first-order chi connectivity index (χ1) is 12.9. The van der Waals surface area contributed by atoms with Crippen LogP contribution in [-0.2, 0) is 4.79 Å². The number of benzene rings is 2. The minimum atomic E-state index is -0.612. The van der Waals surface area contributed by atoms with E-state index in [-0.39, 0.29) is 18.6 Å². The summed E-state index contributed by atoms with van der Waals surface area (Å²) in [5.74, 6) is 0.924. The number of urea groups is 1. The fourth-order valence-electron chi connectivity index (χ4n) is 2.75. The van der Waals surface area contributed by atoms with E-state index in [1.165, 1.54) is 0 Å². The SMILES string of the molecule is CCC(C)c1ccccc1OCC(=O)NC(C)c1ccc(NC(N)=O)cc1. The van der Waals surface area contributed by atoms with Crippen molar-refractivity contribution >= 4 is 17.6 Å². The summed E-state index contributed by atoms with van der Waals surface area (Å²) in [6.45, 7) is 6.11. The molecule has 6 heteroatoms. The Bertz CT molecular complexity index is 774. The Morgan fingerprint density at radius 1 is 1.07 bits per heavy atom. The number of anilines is 1. The maximum Gasteiger partial charge on any atom is 0.316 e. The van der Waals surface area contributed by atoms with Gasteiger partial charge in [-0.1, -0.05) is 44.2 Å². The molecule has 0 aliphatic carbocycles. The Kier molecular flexibility index (Phi) is 7.23. The van der Waals surface area contributed by atoms with E-state index in [0.29, 0.717) is 11.6 Å². The van der Waals surface area contributed by atoms with E-state index in [0.717, 1.165) is 23.3 Å². The van der Waals surface area contributed by atoms with Gasteiger partial charge in [0.25, 0.3) is 5.91 Å². The smallest absolute Gasteiger partial charge is 0.316 e. The lowest BCUT2D eigenvalue weighted by molar-refractivity contribution is -0.123. The Balaban J connectivity index is 1.91. The van der Waals surface area contributed by atoms with Crippen molar-refractivity contribution in [3.63, 3.8) is 0 Å². The molecule has 0 aliphatic rings. The van der Waals surface area contributed by atoms with Crippen LogP contribution in [0.4, 0.5) is 10.5 Å². The number of ether oxygens (including phenoxy) is 1. The number of amides is 3. The van der Waals surface area contributed by atoms with Crippen molar-refractivity contribution in [2.24, 2.45) is 5.73 Å².